The van der Waals surface area contributed by atoms with E-state index in [1.165, 1.54) is 0 Å². The van der Waals surface area contributed by atoms with Gasteiger partial charge in [0.1, 0.15) is 11.8 Å². The minimum absolute atomic E-state index is 0.0312. The fourth-order valence-electron chi connectivity index (χ4n) is 3.96. The second kappa shape index (κ2) is 7.20. The van der Waals surface area contributed by atoms with Crippen LogP contribution in [-0.2, 0) is 0 Å². The summed E-state index contributed by atoms with van der Waals surface area (Å²) in [5.74, 6) is 2.36. The number of hydrogen-bond acceptors (Lipinski definition) is 7. The molecule has 0 radical (unpaired) electrons. The number of aliphatic imine (C=N–C) groups is 1. The summed E-state index contributed by atoms with van der Waals surface area (Å²) in [5, 5.41) is 1.60. The van der Waals surface area contributed by atoms with Gasteiger partial charge in [0.25, 0.3) is 0 Å². The lowest BCUT2D eigenvalue weighted by Gasteiger charge is -2.29. The van der Waals surface area contributed by atoms with Gasteiger partial charge in [0.15, 0.2) is 16.7 Å². The number of rotatable bonds is 5. The Morgan fingerprint density at radius 1 is 1.25 bits per heavy atom. The first kappa shape index (κ1) is 17.7. The first-order chi connectivity index (χ1) is 13.7. The van der Waals surface area contributed by atoms with Gasteiger partial charge in [-0.2, -0.15) is 0 Å². The van der Waals surface area contributed by atoms with Gasteiger partial charge >= 0.3 is 0 Å². The third-order valence-electron chi connectivity index (χ3n) is 5.17. The average Bonchev–Trinajstić information content (AvgIpc) is 3.39. The first-order valence-corrected chi connectivity index (χ1v) is 10.6. The first-order valence-electron chi connectivity index (χ1n) is 9.73. The van der Waals surface area contributed by atoms with Crippen molar-refractivity contribution in [1.82, 2.24) is 9.88 Å². The summed E-state index contributed by atoms with van der Waals surface area (Å²) < 4.78 is 17.4. The number of fused-ring (bicyclic) bond motifs is 2. The summed E-state index contributed by atoms with van der Waals surface area (Å²) >= 11 is 1.83. The highest BCUT2D eigenvalue weighted by molar-refractivity contribution is 8.14. The number of benzene rings is 1. The van der Waals surface area contributed by atoms with Crippen LogP contribution in [0.3, 0.4) is 0 Å². The minimum Gasteiger partial charge on any atom is -0.493 e. The number of nitrogens with zero attached hydrogens (tertiary/aromatic N) is 3. The second-order valence-corrected chi connectivity index (χ2v) is 8.63. The quantitative estimate of drug-likeness (QED) is 0.754. The van der Waals surface area contributed by atoms with Crippen molar-refractivity contribution in [2.45, 2.75) is 37.6 Å². The maximum Gasteiger partial charge on any atom is 0.231 e. The molecule has 146 valence electrons. The van der Waals surface area contributed by atoms with Crippen molar-refractivity contribution in [3.05, 3.63) is 47.8 Å². The Kier molecular flexibility index (Phi) is 4.55. The van der Waals surface area contributed by atoms with Crippen LogP contribution in [0.25, 0.3) is 0 Å². The zero-order chi connectivity index (χ0) is 19.1. The molecule has 2 aromatic rings. The zero-order valence-electron chi connectivity index (χ0n) is 16.0. The van der Waals surface area contributed by atoms with Crippen molar-refractivity contribution in [1.29, 1.82) is 0 Å². The van der Waals surface area contributed by atoms with E-state index in [-0.39, 0.29) is 18.9 Å². The topological polar surface area (TPSA) is 56.2 Å². The highest BCUT2D eigenvalue weighted by Gasteiger charge is 2.45. The monoisotopic (exact) mass is 397 g/mol. The summed E-state index contributed by atoms with van der Waals surface area (Å²) in [4.78, 5) is 12.1. The van der Waals surface area contributed by atoms with Crippen LogP contribution in [0.1, 0.15) is 43.6 Å². The Hall–Kier alpha value is -2.41. The summed E-state index contributed by atoms with van der Waals surface area (Å²) in [6.45, 7) is 6.22. The van der Waals surface area contributed by atoms with Crippen molar-refractivity contribution < 1.29 is 14.2 Å². The van der Waals surface area contributed by atoms with Gasteiger partial charge in [-0.15, -0.1) is 0 Å². The molecule has 28 heavy (non-hydrogen) atoms. The fourth-order valence-corrected chi connectivity index (χ4v) is 5.05. The van der Waals surface area contributed by atoms with Gasteiger partial charge in [-0.3, -0.25) is 9.98 Å². The van der Waals surface area contributed by atoms with Crippen LogP contribution < -0.4 is 14.2 Å². The third kappa shape index (κ3) is 2.98. The van der Waals surface area contributed by atoms with Crippen LogP contribution in [0.2, 0.25) is 0 Å². The number of hydrogen-bond donors (Lipinski definition) is 0. The molecule has 6 nitrogen and oxygen atoms in total. The molecule has 5 rings (SSSR count). The minimum atomic E-state index is -0.0689. The second-order valence-electron chi connectivity index (χ2n) is 7.23. The Balaban J connectivity index is 1.61. The molecule has 0 bridgehead atoms. The molecule has 7 heteroatoms. The lowest BCUT2D eigenvalue weighted by molar-refractivity contribution is 0.173. The van der Waals surface area contributed by atoms with Crippen LogP contribution in [0.4, 0.5) is 0 Å². The summed E-state index contributed by atoms with van der Waals surface area (Å²) in [7, 11) is 0. The molecule has 1 aromatic heterocycles. The Morgan fingerprint density at radius 2 is 2.11 bits per heavy atom. The van der Waals surface area contributed by atoms with Gasteiger partial charge in [0, 0.05) is 29.6 Å². The highest BCUT2D eigenvalue weighted by atomic mass is 32.2. The van der Waals surface area contributed by atoms with E-state index in [4.69, 9.17) is 19.2 Å². The molecule has 3 atom stereocenters. The van der Waals surface area contributed by atoms with Gasteiger partial charge in [-0.05, 0) is 24.6 Å². The van der Waals surface area contributed by atoms with Gasteiger partial charge < -0.3 is 19.1 Å². The smallest absolute Gasteiger partial charge is 0.231 e. The summed E-state index contributed by atoms with van der Waals surface area (Å²) in [6, 6.07) is 10.0. The van der Waals surface area contributed by atoms with Crippen LogP contribution in [0.15, 0.2) is 41.5 Å². The Morgan fingerprint density at radius 3 is 2.89 bits per heavy atom. The molecule has 1 fully saturated rings. The van der Waals surface area contributed by atoms with E-state index in [2.05, 4.69) is 35.9 Å². The maximum absolute atomic E-state index is 6.14. The van der Waals surface area contributed by atoms with Crippen molar-refractivity contribution >= 4 is 16.9 Å². The zero-order valence-corrected chi connectivity index (χ0v) is 16.8. The SMILES string of the molecule is CCCOc1cc2c(cc1[C@@H]1[C@H](c3ccccn3)N=C3S[C@@H](C)CN31)OCO2. The Bertz CT molecular complexity index is 905. The molecular formula is C21H23N3O3S. The van der Waals surface area contributed by atoms with Crippen molar-refractivity contribution in [2.75, 3.05) is 19.9 Å². The fraction of sp³-hybridized carbons (Fsp3) is 0.429. The number of ether oxygens (including phenoxy) is 3. The number of amidine groups is 1. The molecule has 0 N–H and O–H groups in total. The standard InChI is InChI=1S/C21H23N3O3S/c1-3-8-25-16-10-18-17(26-12-27-18)9-14(16)20-19(15-6-4-5-7-22-15)23-21-24(20)11-13(2)28-21/h4-7,9-10,13,19-20H,3,8,11-12H2,1-2H3/t13-,19-,20+/m0/s1. The number of pyridine rings is 1. The van der Waals surface area contributed by atoms with E-state index in [9.17, 15) is 0 Å². The van der Waals surface area contributed by atoms with Crippen LogP contribution in [-0.4, -0.2) is 40.2 Å². The Labute approximate surface area is 168 Å². The predicted octanol–water partition coefficient (Wildman–Crippen LogP) is 4.19. The number of thioether (sulfide) groups is 1. The molecule has 0 aliphatic carbocycles. The van der Waals surface area contributed by atoms with Crippen molar-refractivity contribution in [3.8, 4) is 17.2 Å². The molecule has 3 aliphatic heterocycles. The lowest BCUT2D eigenvalue weighted by atomic mass is 9.95. The van der Waals surface area contributed by atoms with Gasteiger partial charge in [0.05, 0.1) is 18.3 Å². The maximum atomic E-state index is 6.14. The molecule has 0 spiro atoms. The molecule has 0 saturated carbocycles. The molecule has 1 saturated heterocycles. The molecule has 1 aromatic carbocycles. The van der Waals surface area contributed by atoms with Crippen LogP contribution >= 0.6 is 11.8 Å². The molecule has 4 heterocycles. The van der Waals surface area contributed by atoms with E-state index in [1.807, 2.05) is 36.2 Å². The van der Waals surface area contributed by atoms with E-state index in [0.717, 1.165) is 46.6 Å². The van der Waals surface area contributed by atoms with Crippen molar-refractivity contribution in [3.63, 3.8) is 0 Å². The van der Waals surface area contributed by atoms with Gasteiger partial charge in [-0.1, -0.05) is 31.7 Å². The lowest BCUT2D eigenvalue weighted by Crippen LogP contribution is -2.29. The van der Waals surface area contributed by atoms with Gasteiger partial charge in [-0.25, -0.2) is 0 Å². The molecular weight excluding hydrogens is 374 g/mol. The summed E-state index contributed by atoms with van der Waals surface area (Å²) in [5.41, 5.74) is 2.06. The molecule has 0 amide bonds. The van der Waals surface area contributed by atoms with E-state index in [0.29, 0.717) is 11.9 Å². The van der Waals surface area contributed by atoms with E-state index in [1.54, 1.807) is 0 Å². The van der Waals surface area contributed by atoms with Crippen LogP contribution in [0, 0.1) is 0 Å². The van der Waals surface area contributed by atoms with E-state index >= 15 is 0 Å². The molecule has 3 aliphatic rings. The van der Waals surface area contributed by atoms with E-state index < -0.39 is 0 Å². The van der Waals surface area contributed by atoms with Gasteiger partial charge in [0.2, 0.25) is 6.79 Å². The third-order valence-corrected chi connectivity index (χ3v) is 6.27. The predicted molar refractivity (Wildman–Crippen MR) is 109 cm³/mol. The van der Waals surface area contributed by atoms with Crippen molar-refractivity contribution in [2.24, 2.45) is 4.99 Å². The number of aromatic nitrogens is 1. The highest BCUT2D eigenvalue weighted by Crippen LogP contribution is 2.52. The normalized spacial score (nSPS) is 25.0. The van der Waals surface area contributed by atoms with Crippen LogP contribution in [0.5, 0.6) is 17.2 Å². The largest absolute Gasteiger partial charge is 0.493 e. The molecule has 0 unspecified atom stereocenters. The average molecular weight is 398 g/mol. The summed E-state index contributed by atoms with van der Waals surface area (Å²) in [6.07, 6.45) is 2.78.